The fraction of sp³-hybridized carbons (Fsp3) is 0.192. The molecule has 1 fully saturated rings. The van der Waals surface area contributed by atoms with Crippen LogP contribution in [-0.4, -0.2) is 34.9 Å². The Balaban J connectivity index is 1.90. The van der Waals surface area contributed by atoms with Crippen LogP contribution >= 0.6 is 0 Å². The summed E-state index contributed by atoms with van der Waals surface area (Å²) >= 11 is 0. The van der Waals surface area contributed by atoms with E-state index in [-0.39, 0.29) is 17.0 Å². The summed E-state index contributed by atoms with van der Waals surface area (Å²) in [5, 5.41) is 11.0. The Kier molecular flexibility index (Phi) is 6.40. The largest absolute Gasteiger partial charge is 0.507 e. The van der Waals surface area contributed by atoms with Crippen molar-refractivity contribution in [3.63, 3.8) is 0 Å². The summed E-state index contributed by atoms with van der Waals surface area (Å²) in [7, 11) is 0. The van der Waals surface area contributed by atoms with E-state index < -0.39 is 29.4 Å². The van der Waals surface area contributed by atoms with Crippen molar-refractivity contribution in [2.75, 3.05) is 22.9 Å². The number of nitrogens with zero attached hydrogens (tertiary/aromatic N) is 3. The van der Waals surface area contributed by atoms with Crippen LogP contribution in [0.1, 0.15) is 31.0 Å². The molecule has 1 amide bonds. The average Bonchev–Trinajstić information content (AvgIpc) is 3.12. The second-order valence-corrected chi connectivity index (χ2v) is 7.77. The lowest BCUT2D eigenvalue weighted by atomic mass is 9.95. The maximum absolute atomic E-state index is 14.1. The molecule has 0 spiro atoms. The minimum atomic E-state index is -1.15. The number of aromatic nitrogens is 1. The fourth-order valence-electron chi connectivity index (χ4n) is 4.17. The van der Waals surface area contributed by atoms with Gasteiger partial charge >= 0.3 is 0 Å². The van der Waals surface area contributed by atoms with Gasteiger partial charge in [-0.05, 0) is 55.8 Å². The summed E-state index contributed by atoms with van der Waals surface area (Å²) in [5.41, 5.74) is 1.66. The molecule has 1 aromatic heterocycles. The predicted molar refractivity (Wildman–Crippen MR) is 125 cm³/mol. The Morgan fingerprint density at radius 2 is 1.62 bits per heavy atom. The molecule has 6 nitrogen and oxygen atoms in total. The van der Waals surface area contributed by atoms with Crippen molar-refractivity contribution in [3.8, 4) is 0 Å². The zero-order valence-electron chi connectivity index (χ0n) is 18.7. The highest BCUT2D eigenvalue weighted by atomic mass is 19.2. The molecule has 1 aliphatic rings. The van der Waals surface area contributed by atoms with Crippen molar-refractivity contribution in [2.45, 2.75) is 19.9 Å². The van der Waals surface area contributed by atoms with Gasteiger partial charge in [-0.1, -0.05) is 12.1 Å². The molecule has 0 bridgehead atoms. The number of amides is 1. The van der Waals surface area contributed by atoms with E-state index in [1.165, 1.54) is 30.6 Å². The Labute approximate surface area is 195 Å². The molecule has 1 aliphatic heterocycles. The molecule has 4 rings (SSSR count). The number of aliphatic hydroxyl groups is 1. The summed E-state index contributed by atoms with van der Waals surface area (Å²) in [6.45, 7) is 5.66. The predicted octanol–water partition coefficient (Wildman–Crippen LogP) is 4.83. The zero-order valence-corrected chi connectivity index (χ0v) is 18.7. The van der Waals surface area contributed by atoms with E-state index >= 15 is 0 Å². The topological polar surface area (TPSA) is 73.7 Å². The van der Waals surface area contributed by atoms with Gasteiger partial charge in [0.25, 0.3) is 11.7 Å². The summed E-state index contributed by atoms with van der Waals surface area (Å²) in [4.78, 5) is 33.3. The lowest BCUT2D eigenvalue weighted by molar-refractivity contribution is -0.132. The van der Waals surface area contributed by atoms with Gasteiger partial charge in [0.2, 0.25) is 0 Å². The van der Waals surface area contributed by atoms with Crippen molar-refractivity contribution in [3.05, 3.63) is 95.3 Å². The second-order valence-electron chi connectivity index (χ2n) is 7.77. The normalized spacial score (nSPS) is 17.3. The average molecular weight is 463 g/mol. The van der Waals surface area contributed by atoms with Crippen LogP contribution < -0.4 is 9.80 Å². The number of anilines is 2. The minimum absolute atomic E-state index is 0.00703. The first-order chi connectivity index (χ1) is 16.4. The van der Waals surface area contributed by atoms with Crippen LogP contribution in [0.3, 0.4) is 0 Å². The number of hydrogen-bond acceptors (Lipinski definition) is 5. The molecule has 0 aliphatic carbocycles. The molecule has 2 aromatic carbocycles. The number of benzene rings is 2. The first-order valence-electron chi connectivity index (χ1n) is 10.9. The van der Waals surface area contributed by atoms with Gasteiger partial charge < -0.3 is 10.0 Å². The van der Waals surface area contributed by atoms with Crippen molar-refractivity contribution >= 4 is 28.8 Å². The first kappa shape index (κ1) is 23.1. The third kappa shape index (κ3) is 4.03. The second kappa shape index (κ2) is 9.43. The Hall–Kier alpha value is -4.07. The molecule has 174 valence electrons. The van der Waals surface area contributed by atoms with Crippen molar-refractivity contribution in [1.29, 1.82) is 0 Å². The van der Waals surface area contributed by atoms with Gasteiger partial charge in [0, 0.05) is 48.5 Å². The molecule has 0 radical (unpaired) electrons. The molecule has 1 unspecified atom stereocenters. The lowest BCUT2D eigenvalue weighted by Crippen LogP contribution is -2.29. The number of hydrogen-bond donors (Lipinski definition) is 1. The van der Waals surface area contributed by atoms with Crippen LogP contribution in [0.4, 0.5) is 20.2 Å². The molecule has 3 aromatic rings. The molecule has 2 heterocycles. The van der Waals surface area contributed by atoms with Crippen molar-refractivity contribution in [2.24, 2.45) is 0 Å². The van der Waals surface area contributed by atoms with E-state index in [0.29, 0.717) is 11.1 Å². The lowest BCUT2D eigenvalue weighted by Gasteiger charge is -2.27. The van der Waals surface area contributed by atoms with E-state index in [1.54, 1.807) is 12.1 Å². The van der Waals surface area contributed by atoms with Crippen LogP contribution in [0.25, 0.3) is 5.76 Å². The van der Waals surface area contributed by atoms with Crippen LogP contribution in [0.15, 0.2) is 72.6 Å². The third-order valence-electron chi connectivity index (χ3n) is 5.92. The fourth-order valence-corrected chi connectivity index (χ4v) is 4.17. The highest BCUT2D eigenvalue weighted by Crippen LogP contribution is 2.42. The Morgan fingerprint density at radius 3 is 2.21 bits per heavy atom. The maximum atomic E-state index is 14.1. The highest BCUT2D eigenvalue weighted by molar-refractivity contribution is 6.51. The molecule has 1 atom stereocenters. The SMILES string of the molecule is CCN(CC)c1ccc(C2/C(=C(\O)c3ccncc3)C(=O)C(=O)N2c2ccc(F)c(F)c2)cc1. The van der Waals surface area contributed by atoms with Gasteiger partial charge in [0.15, 0.2) is 11.6 Å². The summed E-state index contributed by atoms with van der Waals surface area (Å²) < 4.78 is 27.6. The first-order valence-corrected chi connectivity index (χ1v) is 10.9. The zero-order chi connectivity index (χ0) is 24.4. The molecule has 1 saturated heterocycles. The molecular weight excluding hydrogens is 440 g/mol. The quantitative estimate of drug-likeness (QED) is 0.322. The smallest absolute Gasteiger partial charge is 0.300 e. The van der Waals surface area contributed by atoms with Crippen LogP contribution in [-0.2, 0) is 9.59 Å². The summed E-state index contributed by atoms with van der Waals surface area (Å²) in [6.07, 6.45) is 2.91. The molecule has 1 N–H and O–H groups in total. The van der Waals surface area contributed by atoms with E-state index in [0.717, 1.165) is 35.8 Å². The third-order valence-corrected chi connectivity index (χ3v) is 5.92. The number of carbonyl (C=O) groups is 2. The molecule has 34 heavy (non-hydrogen) atoms. The number of halogens is 2. The summed E-state index contributed by atoms with van der Waals surface area (Å²) in [6, 6.07) is 12.2. The van der Waals surface area contributed by atoms with E-state index in [1.807, 2.05) is 26.0 Å². The number of rotatable bonds is 6. The van der Waals surface area contributed by atoms with Gasteiger partial charge in [-0.25, -0.2) is 8.78 Å². The van der Waals surface area contributed by atoms with Gasteiger partial charge in [0.1, 0.15) is 5.76 Å². The standard InChI is InChI=1S/C26H23F2N3O3/c1-3-30(4-2)18-7-5-16(6-8-18)23-22(24(32)17-11-13-29-14-12-17)25(33)26(34)31(23)19-9-10-20(27)21(28)15-19/h5-15,23,32H,3-4H2,1-2H3/b24-22+. The van der Waals surface area contributed by atoms with E-state index in [2.05, 4.69) is 9.88 Å². The molecular formula is C26H23F2N3O3. The number of pyridine rings is 1. The van der Waals surface area contributed by atoms with Crippen molar-refractivity contribution < 1.29 is 23.5 Å². The summed E-state index contributed by atoms with van der Waals surface area (Å²) in [5.74, 6) is -4.46. The number of Topliss-reactive ketones (excluding diaryl/α,β-unsaturated/α-hetero) is 1. The van der Waals surface area contributed by atoms with Crippen LogP contribution in [0, 0.1) is 11.6 Å². The number of ketones is 1. The monoisotopic (exact) mass is 463 g/mol. The maximum Gasteiger partial charge on any atom is 0.300 e. The number of aliphatic hydroxyl groups excluding tert-OH is 1. The highest BCUT2D eigenvalue weighted by Gasteiger charge is 2.47. The van der Waals surface area contributed by atoms with Gasteiger partial charge in [-0.2, -0.15) is 0 Å². The molecule has 8 heteroatoms. The number of carbonyl (C=O) groups excluding carboxylic acids is 2. The van der Waals surface area contributed by atoms with Gasteiger partial charge in [-0.3, -0.25) is 19.5 Å². The Bertz CT molecular complexity index is 1260. The van der Waals surface area contributed by atoms with Gasteiger partial charge in [0.05, 0.1) is 11.6 Å². The van der Waals surface area contributed by atoms with Crippen LogP contribution in [0.2, 0.25) is 0 Å². The minimum Gasteiger partial charge on any atom is -0.507 e. The Morgan fingerprint density at radius 1 is 0.971 bits per heavy atom. The van der Waals surface area contributed by atoms with Gasteiger partial charge in [-0.15, -0.1) is 0 Å². The molecule has 0 saturated carbocycles. The van der Waals surface area contributed by atoms with Crippen molar-refractivity contribution in [1.82, 2.24) is 4.98 Å². The van der Waals surface area contributed by atoms with E-state index in [4.69, 9.17) is 0 Å². The van der Waals surface area contributed by atoms with Crippen LogP contribution in [0.5, 0.6) is 0 Å². The van der Waals surface area contributed by atoms with E-state index in [9.17, 15) is 23.5 Å².